The molecule has 0 aromatic heterocycles. The van der Waals surface area contributed by atoms with Crippen LogP contribution < -0.4 is 5.73 Å². The first kappa shape index (κ1) is 16.0. The molecule has 1 amide bonds. The van der Waals surface area contributed by atoms with Gasteiger partial charge in [0.05, 0.1) is 4.90 Å². The number of nitrogens with two attached hydrogens (primary N) is 1. The molecule has 2 rings (SSSR count). The number of hydrogen-bond acceptors (Lipinski definition) is 4. The van der Waals surface area contributed by atoms with Gasteiger partial charge < -0.3 is 10.6 Å². The molecule has 21 heavy (non-hydrogen) atoms. The Morgan fingerprint density at radius 1 is 1.33 bits per heavy atom. The zero-order valence-electron chi connectivity index (χ0n) is 12.3. The first-order valence-corrected chi connectivity index (χ1v) is 9.10. The van der Waals surface area contributed by atoms with Gasteiger partial charge in [-0.1, -0.05) is 6.07 Å². The van der Waals surface area contributed by atoms with Gasteiger partial charge in [0.2, 0.25) is 0 Å². The lowest BCUT2D eigenvalue weighted by atomic mass is 9.93. The molecular weight excluding hydrogens is 288 g/mol. The summed E-state index contributed by atoms with van der Waals surface area (Å²) in [5.74, 6) is 0.508. The molecule has 0 radical (unpaired) electrons. The third-order valence-electron chi connectivity index (χ3n) is 3.99. The third kappa shape index (κ3) is 4.04. The SMILES string of the molecule is CS(=O)(=O)c1cccc(C(=O)N2CCC(CCN)CC2)c1. The van der Waals surface area contributed by atoms with Crippen LogP contribution in [0.4, 0.5) is 0 Å². The minimum absolute atomic E-state index is 0.0910. The second-order valence-electron chi connectivity index (χ2n) is 5.61. The van der Waals surface area contributed by atoms with E-state index in [2.05, 4.69) is 0 Å². The van der Waals surface area contributed by atoms with E-state index in [1.54, 1.807) is 17.0 Å². The van der Waals surface area contributed by atoms with E-state index >= 15 is 0 Å². The predicted molar refractivity (Wildman–Crippen MR) is 81.9 cm³/mol. The molecule has 0 spiro atoms. The minimum Gasteiger partial charge on any atom is -0.339 e. The number of nitrogens with zero attached hydrogens (tertiary/aromatic N) is 1. The molecule has 2 N–H and O–H groups in total. The molecule has 1 aliphatic heterocycles. The van der Waals surface area contributed by atoms with Crippen molar-refractivity contribution in [1.82, 2.24) is 4.90 Å². The molecule has 5 nitrogen and oxygen atoms in total. The Hall–Kier alpha value is -1.40. The summed E-state index contributed by atoms with van der Waals surface area (Å²) in [5, 5.41) is 0. The van der Waals surface area contributed by atoms with Crippen LogP contribution in [0.1, 0.15) is 29.6 Å². The maximum absolute atomic E-state index is 12.4. The Bertz CT molecular complexity index is 605. The highest BCUT2D eigenvalue weighted by Crippen LogP contribution is 2.22. The van der Waals surface area contributed by atoms with Gasteiger partial charge in [0.1, 0.15) is 0 Å². The molecule has 0 unspecified atom stereocenters. The Morgan fingerprint density at radius 3 is 2.57 bits per heavy atom. The van der Waals surface area contributed by atoms with Crippen molar-refractivity contribution in [3.05, 3.63) is 29.8 Å². The number of benzene rings is 1. The summed E-state index contributed by atoms with van der Waals surface area (Å²) in [7, 11) is -3.29. The second-order valence-corrected chi connectivity index (χ2v) is 7.63. The summed E-state index contributed by atoms with van der Waals surface area (Å²) >= 11 is 0. The zero-order chi connectivity index (χ0) is 15.5. The van der Waals surface area contributed by atoms with Crippen LogP contribution in [0.3, 0.4) is 0 Å². The molecule has 1 aromatic carbocycles. The van der Waals surface area contributed by atoms with Crippen molar-refractivity contribution in [3.8, 4) is 0 Å². The highest BCUT2D eigenvalue weighted by molar-refractivity contribution is 7.90. The van der Waals surface area contributed by atoms with Gasteiger partial charge >= 0.3 is 0 Å². The Labute approximate surface area is 126 Å². The lowest BCUT2D eigenvalue weighted by Gasteiger charge is -2.32. The van der Waals surface area contributed by atoms with Crippen LogP contribution in [-0.2, 0) is 9.84 Å². The molecule has 116 valence electrons. The number of amides is 1. The monoisotopic (exact) mass is 310 g/mol. The average molecular weight is 310 g/mol. The highest BCUT2D eigenvalue weighted by atomic mass is 32.2. The van der Waals surface area contributed by atoms with E-state index in [0.29, 0.717) is 31.1 Å². The van der Waals surface area contributed by atoms with Gasteiger partial charge in [-0.3, -0.25) is 4.79 Å². The van der Waals surface area contributed by atoms with Gasteiger partial charge in [-0.05, 0) is 49.9 Å². The normalized spacial score (nSPS) is 17.0. The van der Waals surface area contributed by atoms with Crippen LogP contribution in [0.25, 0.3) is 0 Å². The largest absolute Gasteiger partial charge is 0.339 e. The van der Waals surface area contributed by atoms with Crippen LogP contribution in [-0.4, -0.2) is 45.1 Å². The number of likely N-dealkylation sites (tertiary alicyclic amines) is 1. The summed E-state index contributed by atoms with van der Waals surface area (Å²) in [6.07, 6.45) is 4.09. The summed E-state index contributed by atoms with van der Waals surface area (Å²) < 4.78 is 23.1. The molecule has 1 saturated heterocycles. The van der Waals surface area contributed by atoms with E-state index in [4.69, 9.17) is 5.73 Å². The molecule has 0 atom stereocenters. The highest BCUT2D eigenvalue weighted by Gasteiger charge is 2.23. The number of hydrogen-bond donors (Lipinski definition) is 1. The van der Waals surface area contributed by atoms with E-state index < -0.39 is 9.84 Å². The van der Waals surface area contributed by atoms with Gasteiger partial charge in [0.15, 0.2) is 9.84 Å². The maximum atomic E-state index is 12.4. The van der Waals surface area contributed by atoms with Crippen molar-refractivity contribution in [2.75, 3.05) is 25.9 Å². The number of sulfone groups is 1. The van der Waals surface area contributed by atoms with Crippen molar-refractivity contribution < 1.29 is 13.2 Å². The van der Waals surface area contributed by atoms with E-state index in [0.717, 1.165) is 25.5 Å². The fraction of sp³-hybridized carbons (Fsp3) is 0.533. The van der Waals surface area contributed by atoms with Crippen molar-refractivity contribution in [1.29, 1.82) is 0 Å². The number of carbonyl (C=O) groups is 1. The van der Waals surface area contributed by atoms with E-state index in [1.807, 2.05) is 0 Å². The van der Waals surface area contributed by atoms with Gasteiger partial charge in [-0.2, -0.15) is 0 Å². The third-order valence-corrected chi connectivity index (χ3v) is 5.10. The maximum Gasteiger partial charge on any atom is 0.253 e. The van der Waals surface area contributed by atoms with Crippen molar-refractivity contribution >= 4 is 15.7 Å². The van der Waals surface area contributed by atoms with E-state index in [9.17, 15) is 13.2 Å². The number of carbonyl (C=O) groups excluding carboxylic acids is 1. The van der Waals surface area contributed by atoms with Crippen LogP contribution in [0.2, 0.25) is 0 Å². The molecule has 0 bridgehead atoms. The van der Waals surface area contributed by atoms with Gasteiger partial charge in [0.25, 0.3) is 5.91 Å². The molecule has 0 saturated carbocycles. The fourth-order valence-electron chi connectivity index (χ4n) is 2.70. The van der Waals surface area contributed by atoms with Crippen molar-refractivity contribution in [2.24, 2.45) is 11.7 Å². The molecule has 0 aliphatic carbocycles. The van der Waals surface area contributed by atoms with Crippen LogP contribution in [0.15, 0.2) is 29.2 Å². The molecule has 1 heterocycles. The first-order chi connectivity index (χ1) is 9.91. The predicted octanol–water partition coefficient (Wildman–Crippen LogP) is 1.29. The minimum atomic E-state index is -3.29. The second kappa shape index (κ2) is 6.58. The summed E-state index contributed by atoms with van der Waals surface area (Å²) in [6, 6.07) is 6.26. The topological polar surface area (TPSA) is 80.5 Å². The zero-order valence-corrected chi connectivity index (χ0v) is 13.1. The molecule has 1 aliphatic rings. The lowest BCUT2D eigenvalue weighted by Crippen LogP contribution is -2.38. The summed E-state index contributed by atoms with van der Waals surface area (Å²) in [4.78, 5) is 14.4. The molecule has 6 heteroatoms. The van der Waals surface area contributed by atoms with Gasteiger partial charge in [-0.15, -0.1) is 0 Å². The average Bonchev–Trinajstić information content (AvgIpc) is 2.47. The number of rotatable bonds is 4. The smallest absolute Gasteiger partial charge is 0.253 e. The summed E-state index contributed by atoms with van der Waals surface area (Å²) in [6.45, 7) is 2.12. The van der Waals surface area contributed by atoms with E-state index in [-0.39, 0.29) is 10.8 Å². The lowest BCUT2D eigenvalue weighted by molar-refractivity contribution is 0.0687. The Balaban J connectivity index is 2.08. The fourth-order valence-corrected chi connectivity index (χ4v) is 3.37. The first-order valence-electron chi connectivity index (χ1n) is 7.21. The number of piperidine rings is 1. The molecule has 1 aromatic rings. The summed E-state index contributed by atoms with van der Waals surface area (Å²) in [5.41, 5.74) is 6.00. The van der Waals surface area contributed by atoms with Crippen molar-refractivity contribution in [2.45, 2.75) is 24.2 Å². The van der Waals surface area contributed by atoms with Crippen molar-refractivity contribution in [3.63, 3.8) is 0 Å². The molecular formula is C15H22N2O3S. The van der Waals surface area contributed by atoms with Crippen LogP contribution in [0.5, 0.6) is 0 Å². The van der Waals surface area contributed by atoms with Crippen LogP contribution >= 0.6 is 0 Å². The standard InChI is InChI=1S/C15H22N2O3S/c1-21(19,20)14-4-2-3-13(11-14)15(18)17-9-6-12(5-8-16)7-10-17/h2-4,11-12H,5-10,16H2,1H3. The Morgan fingerprint density at radius 2 is 2.00 bits per heavy atom. The van der Waals surface area contributed by atoms with E-state index in [1.165, 1.54) is 12.1 Å². The van der Waals surface area contributed by atoms with Gasteiger partial charge in [-0.25, -0.2) is 8.42 Å². The van der Waals surface area contributed by atoms with Crippen LogP contribution in [0, 0.1) is 5.92 Å². The Kier molecular flexibility index (Phi) is 5.00. The molecule has 1 fully saturated rings. The quantitative estimate of drug-likeness (QED) is 0.908. The van der Waals surface area contributed by atoms with Gasteiger partial charge in [0, 0.05) is 24.9 Å².